The Kier molecular flexibility index (Phi) is 8.79. The summed E-state index contributed by atoms with van der Waals surface area (Å²) in [6.45, 7) is 0. The highest BCUT2D eigenvalue weighted by Crippen LogP contribution is 2.24. The molecule has 12 heteroatoms. The average Bonchev–Trinajstić information content (AvgIpc) is 2.81. The number of hydrogen-bond acceptors (Lipinski definition) is 8. The van der Waals surface area contributed by atoms with Crippen LogP contribution in [0.1, 0.15) is 15.9 Å². The van der Waals surface area contributed by atoms with E-state index in [-0.39, 0.29) is 29.2 Å². The van der Waals surface area contributed by atoms with Crippen LogP contribution < -0.4 is 21.7 Å². The predicted octanol–water partition coefficient (Wildman–Crippen LogP) is 0.963. The van der Waals surface area contributed by atoms with Gasteiger partial charge in [-0.3, -0.25) is 14.4 Å². The van der Waals surface area contributed by atoms with Gasteiger partial charge in [0.1, 0.15) is 17.8 Å². The van der Waals surface area contributed by atoms with Crippen LogP contribution in [0.2, 0.25) is 0 Å². The fourth-order valence-electron chi connectivity index (χ4n) is 3.06. The Morgan fingerprint density at radius 1 is 1.12 bits per heavy atom. The van der Waals surface area contributed by atoms with E-state index >= 15 is 0 Å². The topological polar surface area (TPSA) is 171 Å². The molecule has 0 radical (unpaired) electrons. The molecule has 2 bridgehead atoms. The number of carboxylic acid groups (broad SMARTS) is 1. The lowest BCUT2D eigenvalue weighted by atomic mass is 10.1. The molecule has 10 nitrogen and oxygen atoms in total. The molecule has 1 heterocycles. The van der Waals surface area contributed by atoms with Crippen LogP contribution in [0.25, 0.3) is 0 Å². The van der Waals surface area contributed by atoms with Gasteiger partial charge in [-0.2, -0.15) is 0 Å². The number of fused-ring (bicyclic) bond motifs is 2. The lowest BCUT2D eigenvalue weighted by Gasteiger charge is -2.20. The first-order valence-electron chi connectivity index (χ1n) is 10.3. The van der Waals surface area contributed by atoms with E-state index in [2.05, 4.69) is 16.0 Å². The van der Waals surface area contributed by atoms with Gasteiger partial charge in [0.15, 0.2) is 0 Å². The maximum absolute atomic E-state index is 12.9. The van der Waals surface area contributed by atoms with Gasteiger partial charge in [-0.1, -0.05) is 39.8 Å². The number of phenols is 1. The third-order valence-corrected chi connectivity index (χ3v) is 7.33. The smallest absolute Gasteiger partial charge is 0.327 e. The zero-order valence-corrected chi connectivity index (χ0v) is 19.5. The van der Waals surface area contributed by atoms with E-state index in [0.29, 0.717) is 5.69 Å². The Bertz CT molecular complexity index is 1070. The van der Waals surface area contributed by atoms with Crippen molar-refractivity contribution in [3.63, 3.8) is 0 Å². The summed E-state index contributed by atoms with van der Waals surface area (Å²) in [4.78, 5) is 49.6. The zero-order chi connectivity index (χ0) is 24.7. The van der Waals surface area contributed by atoms with Crippen LogP contribution in [0.4, 0.5) is 5.69 Å². The minimum atomic E-state index is -1.17. The number of nitrogens with one attached hydrogen (secondary N) is 3. The highest BCUT2D eigenvalue weighted by Gasteiger charge is 2.27. The summed E-state index contributed by atoms with van der Waals surface area (Å²) in [5.41, 5.74) is 7.30. The van der Waals surface area contributed by atoms with Crippen molar-refractivity contribution in [2.75, 3.05) is 16.8 Å². The minimum Gasteiger partial charge on any atom is -0.508 e. The fourth-order valence-corrected chi connectivity index (χ4v) is 5.38. The van der Waals surface area contributed by atoms with Crippen molar-refractivity contribution in [1.29, 1.82) is 0 Å². The number of carbonyl (C=O) groups excluding carboxylic acids is 3. The zero-order valence-electron chi connectivity index (χ0n) is 17.9. The lowest BCUT2D eigenvalue weighted by Crippen LogP contribution is -2.51. The first kappa shape index (κ1) is 25.4. The van der Waals surface area contributed by atoms with Gasteiger partial charge in [0.05, 0.1) is 6.04 Å². The standard InChI is InChI=1S/C22H24N4O6S2/c23-16(8-12-4-6-15(27)7-5-12)20(29)25-17-10-33-34-11-18(22(31)32)26-19(28)13-2-1-3-14(9-13)24-21(17)30/h1-7,9,16-18,27H,8,10-11,23H2,(H,24,30)(H,25,29)(H,26,28)(H,31,32)/t16-,17-,18-/m0/s1. The Morgan fingerprint density at radius 3 is 2.53 bits per heavy atom. The molecule has 0 saturated heterocycles. The predicted molar refractivity (Wildman–Crippen MR) is 131 cm³/mol. The van der Waals surface area contributed by atoms with Gasteiger partial charge in [-0.25, -0.2) is 4.79 Å². The molecule has 3 atom stereocenters. The summed E-state index contributed by atoms with van der Waals surface area (Å²) < 4.78 is 0. The number of rotatable bonds is 5. The van der Waals surface area contributed by atoms with E-state index in [4.69, 9.17) is 5.73 Å². The molecular weight excluding hydrogens is 480 g/mol. The van der Waals surface area contributed by atoms with Crippen LogP contribution >= 0.6 is 21.6 Å². The van der Waals surface area contributed by atoms with Crippen molar-refractivity contribution in [3.8, 4) is 5.75 Å². The van der Waals surface area contributed by atoms with E-state index < -0.39 is 41.8 Å². The van der Waals surface area contributed by atoms with Crippen LogP contribution in [-0.2, 0) is 20.8 Å². The number of carbonyl (C=O) groups is 4. The summed E-state index contributed by atoms with van der Waals surface area (Å²) in [6.07, 6.45) is 0.207. The Balaban J connectivity index is 1.74. The quantitative estimate of drug-likeness (QED) is 0.325. The third kappa shape index (κ3) is 7.14. The van der Waals surface area contributed by atoms with Crippen LogP contribution in [0, 0.1) is 0 Å². The number of nitrogens with two attached hydrogens (primary N) is 1. The van der Waals surface area contributed by atoms with Crippen molar-refractivity contribution >= 4 is 51.0 Å². The molecule has 0 spiro atoms. The summed E-state index contributed by atoms with van der Waals surface area (Å²) >= 11 is 0. The molecule has 3 rings (SSSR count). The molecule has 1 aliphatic heterocycles. The van der Waals surface area contributed by atoms with Gasteiger partial charge in [0.2, 0.25) is 11.8 Å². The number of phenolic OH excluding ortho intramolecular Hbond substituents is 1. The number of carboxylic acids is 1. The minimum absolute atomic E-state index is 0.0636. The molecule has 2 aromatic carbocycles. The van der Waals surface area contributed by atoms with E-state index in [1.807, 2.05) is 0 Å². The fraction of sp³-hybridized carbons (Fsp3) is 0.273. The molecular formula is C22H24N4O6S2. The van der Waals surface area contributed by atoms with Gasteiger partial charge in [-0.15, -0.1) is 0 Å². The molecule has 0 unspecified atom stereocenters. The number of aliphatic carboxylic acids is 1. The first-order valence-corrected chi connectivity index (χ1v) is 12.7. The van der Waals surface area contributed by atoms with Crippen molar-refractivity contribution in [2.45, 2.75) is 24.5 Å². The SMILES string of the molecule is N[C@@H](Cc1ccc(O)cc1)C(=O)N[C@H]1CSSC[C@@H](C(=O)O)NC(=O)c2cccc(c2)NC1=O. The third-order valence-electron chi connectivity index (χ3n) is 4.91. The molecule has 1 aliphatic rings. The molecule has 34 heavy (non-hydrogen) atoms. The average molecular weight is 505 g/mol. The summed E-state index contributed by atoms with van der Waals surface area (Å²) in [5, 5.41) is 26.6. The van der Waals surface area contributed by atoms with E-state index in [1.165, 1.54) is 45.9 Å². The number of benzene rings is 2. The largest absolute Gasteiger partial charge is 0.508 e. The van der Waals surface area contributed by atoms with Crippen LogP contribution in [-0.4, -0.2) is 63.5 Å². The second-order valence-electron chi connectivity index (χ2n) is 7.54. The second kappa shape index (κ2) is 11.8. The molecule has 0 saturated carbocycles. The van der Waals surface area contributed by atoms with Gasteiger partial charge in [0.25, 0.3) is 5.91 Å². The van der Waals surface area contributed by atoms with Crippen LogP contribution in [0.5, 0.6) is 5.75 Å². The van der Waals surface area contributed by atoms with Crippen molar-refractivity contribution in [3.05, 3.63) is 59.7 Å². The molecule has 0 fully saturated rings. The van der Waals surface area contributed by atoms with Crippen LogP contribution in [0.3, 0.4) is 0 Å². The van der Waals surface area contributed by atoms with E-state index in [9.17, 15) is 29.4 Å². The molecule has 180 valence electrons. The number of aromatic hydroxyl groups is 1. The van der Waals surface area contributed by atoms with Crippen molar-refractivity contribution < 1.29 is 29.4 Å². The molecule has 0 aromatic heterocycles. The Labute approximate surface area is 203 Å². The molecule has 0 aliphatic carbocycles. The van der Waals surface area contributed by atoms with E-state index in [1.54, 1.807) is 24.3 Å². The maximum Gasteiger partial charge on any atom is 0.327 e. The van der Waals surface area contributed by atoms with Gasteiger partial charge < -0.3 is 31.9 Å². The Hall–Kier alpha value is -3.22. The summed E-state index contributed by atoms with van der Waals surface area (Å²) in [7, 11) is 2.37. The Morgan fingerprint density at radius 2 is 1.82 bits per heavy atom. The van der Waals surface area contributed by atoms with Crippen molar-refractivity contribution in [1.82, 2.24) is 10.6 Å². The van der Waals surface area contributed by atoms with Gasteiger partial charge in [-0.05, 0) is 42.3 Å². The monoisotopic (exact) mass is 504 g/mol. The second-order valence-corrected chi connectivity index (χ2v) is 10.1. The summed E-state index contributed by atoms with van der Waals surface area (Å²) in [5.74, 6) is -2.46. The van der Waals surface area contributed by atoms with Gasteiger partial charge >= 0.3 is 5.97 Å². The first-order chi connectivity index (χ1) is 16.2. The maximum atomic E-state index is 12.9. The van der Waals surface area contributed by atoms with Crippen LogP contribution in [0.15, 0.2) is 48.5 Å². The van der Waals surface area contributed by atoms with Gasteiger partial charge in [0, 0.05) is 22.8 Å². The summed E-state index contributed by atoms with van der Waals surface area (Å²) in [6, 6.07) is 9.38. The normalized spacial score (nSPS) is 19.9. The highest BCUT2D eigenvalue weighted by molar-refractivity contribution is 8.76. The number of amides is 3. The number of anilines is 1. The molecule has 7 N–H and O–H groups in total. The molecule has 3 amide bonds. The molecule has 2 aromatic rings. The highest BCUT2D eigenvalue weighted by atomic mass is 33.1. The number of hydrogen-bond donors (Lipinski definition) is 6. The van der Waals surface area contributed by atoms with Crippen molar-refractivity contribution in [2.24, 2.45) is 5.73 Å². The van der Waals surface area contributed by atoms with E-state index in [0.717, 1.165) is 5.56 Å². The lowest BCUT2D eigenvalue weighted by molar-refractivity contribution is -0.138.